The highest BCUT2D eigenvalue weighted by Crippen LogP contribution is 1.91. The van der Waals surface area contributed by atoms with Crippen LogP contribution in [0.5, 0.6) is 0 Å². The van der Waals surface area contributed by atoms with Crippen molar-refractivity contribution in [2.45, 2.75) is 12.8 Å². The molecule has 0 spiro atoms. The molecule has 0 aliphatic heterocycles. The highest BCUT2D eigenvalue weighted by Gasteiger charge is 2.00. The van der Waals surface area contributed by atoms with Crippen LogP contribution in [-0.2, 0) is 9.63 Å². The van der Waals surface area contributed by atoms with Crippen LogP contribution in [0.15, 0.2) is 0 Å². The van der Waals surface area contributed by atoms with Crippen molar-refractivity contribution < 1.29 is 14.7 Å². The van der Waals surface area contributed by atoms with Crippen LogP contribution in [0.3, 0.4) is 0 Å². The van der Waals surface area contributed by atoms with Crippen LogP contribution in [0.25, 0.3) is 0 Å². The summed E-state index contributed by atoms with van der Waals surface area (Å²) >= 11 is 4.46. The maximum absolute atomic E-state index is 9.86. The van der Waals surface area contributed by atoms with Gasteiger partial charge in [-0.1, -0.05) is 0 Å². The van der Waals surface area contributed by atoms with Gasteiger partial charge in [0.25, 0.3) is 0 Å². The van der Waals surface area contributed by atoms with E-state index in [9.17, 15) is 4.79 Å². The van der Waals surface area contributed by atoms with Crippen LogP contribution in [0.4, 0.5) is 0 Å². The number of nitrogens with two attached hydrogens (primary N) is 1. The van der Waals surface area contributed by atoms with Gasteiger partial charge in [0.15, 0.2) is 5.05 Å². The third-order valence-electron chi connectivity index (χ3n) is 0.674. The van der Waals surface area contributed by atoms with Crippen LogP contribution in [-0.4, -0.2) is 16.1 Å². The predicted molar refractivity (Wildman–Crippen MR) is 34.7 cm³/mol. The lowest BCUT2D eigenvalue weighted by molar-refractivity contribution is -0.136. The number of thiocarbonyl (C=S) groups is 1. The van der Waals surface area contributed by atoms with Crippen molar-refractivity contribution in [3.8, 4) is 0 Å². The first-order valence-corrected chi connectivity index (χ1v) is 2.69. The Balaban J connectivity index is 3.28. The molecule has 0 rings (SSSR count). The first-order chi connectivity index (χ1) is 4.16. The zero-order chi connectivity index (χ0) is 7.28. The fraction of sp³-hybridized carbons (Fsp3) is 0.500. The second-order valence-corrected chi connectivity index (χ2v) is 1.84. The van der Waals surface area contributed by atoms with Crippen LogP contribution < -0.4 is 5.90 Å². The molecule has 0 aliphatic rings. The Hall–Kier alpha value is -0.680. The molecule has 0 unspecified atom stereocenters. The first kappa shape index (κ1) is 8.32. The Morgan fingerprint density at radius 3 is 2.56 bits per heavy atom. The van der Waals surface area contributed by atoms with Crippen molar-refractivity contribution in [1.29, 1.82) is 0 Å². The van der Waals surface area contributed by atoms with Crippen molar-refractivity contribution in [3.05, 3.63) is 0 Å². The standard InChI is InChI=1S/C4H7NO3S/c5-8-4(9)2-1-3(6)7/h1-2,5H2,(H,6,7). The van der Waals surface area contributed by atoms with E-state index in [0.717, 1.165) is 0 Å². The predicted octanol–water partition coefficient (Wildman–Crippen LogP) is 0.0689. The Kier molecular flexibility index (Phi) is 3.90. The summed E-state index contributed by atoms with van der Waals surface area (Å²) in [5.41, 5.74) is 0. The van der Waals surface area contributed by atoms with E-state index in [-0.39, 0.29) is 17.9 Å². The molecule has 0 aromatic rings. The van der Waals surface area contributed by atoms with E-state index < -0.39 is 5.97 Å². The van der Waals surface area contributed by atoms with Crippen LogP contribution in [0.1, 0.15) is 12.8 Å². The molecule has 9 heavy (non-hydrogen) atoms. The van der Waals surface area contributed by atoms with E-state index in [4.69, 9.17) is 5.11 Å². The topological polar surface area (TPSA) is 72.5 Å². The van der Waals surface area contributed by atoms with Crippen molar-refractivity contribution in [2.75, 3.05) is 0 Å². The normalized spacial score (nSPS) is 8.56. The third-order valence-corrected chi connectivity index (χ3v) is 0.975. The molecular weight excluding hydrogens is 142 g/mol. The lowest BCUT2D eigenvalue weighted by atomic mass is 10.3. The lowest BCUT2D eigenvalue weighted by Gasteiger charge is -1.95. The highest BCUT2D eigenvalue weighted by molar-refractivity contribution is 7.80. The zero-order valence-corrected chi connectivity index (χ0v) is 5.48. The molecule has 0 radical (unpaired) electrons. The van der Waals surface area contributed by atoms with Crippen LogP contribution in [0, 0.1) is 0 Å². The van der Waals surface area contributed by atoms with E-state index >= 15 is 0 Å². The van der Waals surface area contributed by atoms with Crippen LogP contribution >= 0.6 is 12.2 Å². The molecule has 0 aliphatic carbocycles. The number of hydrogen-bond acceptors (Lipinski definition) is 4. The molecule has 0 fully saturated rings. The highest BCUT2D eigenvalue weighted by atomic mass is 32.1. The van der Waals surface area contributed by atoms with Gasteiger partial charge in [0, 0.05) is 6.42 Å². The summed E-state index contributed by atoms with van der Waals surface area (Å²) in [4.78, 5) is 13.9. The largest absolute Gasteiger partial charge is 0.481 e. The number of carboxylic acids is 1. The molecular formula is C4H7NO3S. The Labute approximate surface area is 57.6 Å². The molecule has 0 saturated heterocycles. The Morgan fingerprint density at radius 2 is 2.22 bits per heavy atom. The summed E-state index contributed by atoms with van der Waals surface area (Å²) in [5, 5.41) is 8.22. The van der Waals surface area contributed by atoms with Crippen molar-refractivity contribution >= 4 is 23.2 Å². The van der Waals surface area contributed by atoms with E-state index in [1.165, 1.54) is 0 Å². The van der Waals surface area contributed by atoms with Gasteiger partial charge in [0.05, 0.1) is 6.42 Å². The average Bonchev–Trinajstić information content (AvgIpc) is 1.83. The number of carboxylic acid groups (broad SMARTS) is 1. The van der Waals surface area contributed by atoms with Gasteiger partial charge in [-0.05, 0) is 12.2 Å². The summed E-state index contributed by atoms with van der Waals surface area (Å²) in [6.07, 6.45) is 0.164. The van der Waals surface area contributed by atoms with Gasteiger partial charge in [0.2, 0.25) is 0 Å². The maximum atomic E-state index is 9.86. The summed E-state index contributed by atoms with van der Waals surface area (Å²) in [6.45, 7) is 0. The van der Waals surface area contributed by atoms with Gasteiger partial charge < -0.3 is 9.94 Å². The van der Waals surface area contributed by atoms with Gasteiger partial charge in [-0.15, -0.1) is 0 Å². The van der Waals surface area contributed by atoms with Crippen molar-refractivity contribution in [1.82, 2.24) is 0 Å². The summed E-state index contributed by atoms with van der Waals surface area (Å²) in [7, 11) is 0. The summed E-state index contributed by atoms with van der Waals surface area (Å²) < 4.78 is 0. The van der Waals surface area contributed by atoms with Crippen molar-refractivity contribution in [2.24, 2.45) is 5.90 Å². The van der Waals surface area contributed by atoms with E-state index in [2.05, 4.69) is 23.0 Å². The summed E-state index contributed by atoms with van der Waals surface area (Å²) in [6, 6.07) is 0. The van der Waals surface area contributed by atoms with Gasteiger partial charge in [-0.3, -0.25) is 4.79 Å². The van der Waals surface area contributed by atoms with E-state index in [1.807, 2.05) is 0 Å². The fourth-order valence-electron chi connectivity index (χ4n) is 0.268. The minimum atomic E-state index is -0.908. The van der Waals surface area contributed by atoms with Gasteiger partial charge in [0.1, 0.15) is 0 Å². The van der Waals surface area contributed by atoms with E-state index in [0.29, 0.717) is 0 Å². The molecule has 0 heterocycles. The molecule has 0 bridgehead atoms. The van der Waals surface area contributed by atoms with E-state index in [1.54, 1.807) is 0 Å². The van der Waals surface area contributed by atoms with Gasteiger partial charge in [-0.2, -0.15) is 5.90 Å². The quantitative estimate of drug-likeness (QED) is 0.439. The lowest BCUT2D eigenvalue weighted by Crippen LogP contribution is -2.09. The minimum absolute atomic E-state index is 0.0317. The molecule has 3 N–H and O–H groups in total. The van der Waals surface area contributed by atoms with Gasteiger partial charge in [-0.25, -0.2) is 0 Å². The molecule has 4 nitrogen and oxygen atoms in total. The molecule has 5 heteroatoms. The Bertz CT molecular complexity index is 125. The number of hydrogen-bond donors (Lipinski definition) is 2. The van der Waals surface area contributed by atoms with Gasteiger partial charge >= 0.3 is 5.97 Å². The SMILES string of the molecule is NOC(=S)CCC(=O)O. The summed E-state index contributed by atoms with van der Waals surface area (Å²) in [5.74, 6) is 3.72. The second kappa shape index (κ2) is 4.22. The first-order valence-electron chi connectivity index (χ1n) is 2.28. The smallest absolute Gasteiger partial charge is 0.303 e. The monoisotopic (exact) mass is 149 g/mol. The van der Waals surface area contributed by atoms with Crippen LogP contribution in [0.2, 0.25) is 0 Å². The number of carbonyl (C=O) groups is 1. The molecule has 0 amide bonds. The second-order valence-electron chi connectivity index (χ2n) is 1.38. The molecule has 52 valence electrons. The third kappa shape index (κ3) is 5.19. The molecule has 0 aromatic carbocycles. The zero-order valence-electron chi connectivity index (χ0n) is 4.66. The van der Waals surface area contributed by atoms with Crippen molar-refractivity contribution in [3.63, 3.8) is 0 Å². The number of rotatable bonds is 3. The molecule has 0 aromatic heterocycles. The molecule has 0 atom stereocenters. The number of aliphatic carboxylic acids is 1. The minimum Gasteiger partial charge on any atom is -0.481 e. The fourth-order valence-corrected chi connectivity index (χ4v) is 0.370. The molecule has 0 saturated carbocycles. The maximum Gasteiger partial charge on any atom is 0.303 e. The average molecular weight is 149 g/mol. The Morgan fingerprint density at radius 1 is 1.67 bits per heavy atom.